The van der Waals surface area contributed by atoms with Gasteiger partial charge in [-0.25, -0.2) is 4.79 Å². The number of fused-ring (bicyclic) bond motifs is 1. The molecule has 2 N–H and O–H groups in total. The minimum Gasteiger partial charge on any atom is -0.487 e. The number of carbonyl (C=O) groups excluding carboxylic acids is 1. The number of carbonyl (C=O) groups is 2. The molecule has 1 amide bonds. The molecule has 190 valence electrons. The smallest absolute Gasteiger partial charge is 0.416 e. The van der Waals surface area contributed by atoms with Gasteiger partial charge in [0.1, 0.15) is 18.4 Å². The fraction of sp³-hybridized carbons (Fsp3) is 0.172. The summed E-state index contributed by atoms with van der Waals surface area (Å²) in [6, 6.07) is 23.3. The molecule has 0 aliphatic carbocycles. The molecule has 0 fully saturated rings. The average Bonchev–Trinajstić information content (AvgIpc) is 2.89. The van der Waals surface area contributed by atoms with Crippen molar-refractivity contribution in [1.29, 1.82) is 0 Å². The van der Waals surface area contributed by atoms with Crippen LogP contribution in [0.3, 0.4) is 0 Å². The van der Waals surface area contributed by atoms with Gasteiger partial charge in [0.15, 0.2) is 0 Å². The maximum absolute atomic E-state index is 13.2. The number of carboxylic acids is 1. The first-order valence-electron chi connectivity index (χ1n) is 11.6. The molecule has 0 aliphatic rings. The van der Waals surface area contributed by atoms with Crippen LogP contribution in [0.15, 0.2) is 91.0 Å². The number of nitrogens with one attached hydrogen (secondary N) is 1. The number of amides is 1. The Morgan fingerprint density at radius 1 is 0.838 bits per heavy atom. The summed E-state index contributed by atoms with van der Waals surface area (Å²) in [6.45, 7) is -0.0806. The Hall–Kier alpha value is -4.33. The van der Waals surface area contributed by atoms with Crippen molar-refractivity contribution in [3.05, 3.63) is 113 Å². The van der Waals surface area contributed by atoms with Crippen LogP contribution in [0.5, 0.6) is 5.75 Å². The van der Waals surface area contributed by atoms with Gasteiger partial charge in [-0.3, -0.25) is 4.79 Å². The van der Waals surface area contributed by atoms with Crippen molar-refractivity contribution in [1.82, 2.24) is 5.32 Å². The van der Waals surface area contributed by atoms with Crippen LogP contribution in [0.4, 0.5) is 13.2 Å². The third-order valence-electron chi connectivity index (χ3n) is 5.96. The summed E-state index contributed by atoms with van der Waals surface area (Å²) < 4.78 is 44.6. The van der Waals surface area contributed by atoms with Crippen molar-refractivity contribution in [3.63, 3.8) is 0 Å². The van der Waals surface area contributed by atoms with Crippen LogP contribution in [0.2, 0.25) is 0 Å². The van der Waals surface area contributed by atoms with E-state index in [4.69, 9.17) is 4.74 Å². The molecule has 0 aromatic heterocycles. The SMILES string of the molecule is O=C(NC(CCc1ccccc1)C(=O)O)c1ccc2ccccc2c1OCc1ccc(C(F)(F)F)cc1. The van der Waals surface area contributed by atoms with Crippen molar-refractivity contribution in [2.75, 3.05) is 0 Å². The van der Waals surface area contributed by atoms with E-state index in [0.717, 1.165) is 23.1 Å². The van der Waals surface area contributed by atoms with Crippen molar-refractivity contribution in [2.45, 2.75) is 31.7 Å². The van der Waals surface area contributed by atoms with E-state index in [1.54, 1.807) is 24.3 Å². The Kier molecular flexibility index (Phi) is 7.77. The van der Waals surface area contributed by atoms with Gasteiger partial charge in [0.05, 0.1) is 11.1 Å². The van der Waals surface area contributed by atoms with Gasteiger partial charge >= 0.3 is 12.1 Å². The predicted octanol–water partition coefficient (Wildman–Crippen LogP) is 6.25. The highest BCUT2D eigenvalue weighted by Crippen LogP contribution is 2.32. The number of benzene rings is 4. The monoisotopic (exact) mass is 507 g/mol. The zero-order chi connectivity index (χ0) is 26.4. The Labute approximate surface area is 211 Å². The van der Waals surface area contributed by atoms with E-state index in [1.807, 2.05) is 42.5 Å². The van der Waals surface area contributed by atoms with Crippen molar-refractivity contribution >= 4 is 22.6 Å². The number of carboxylic acid groups (broad SMARTS) is 1. The first kappa shape index (κ1) is 25.8. The lowest BCUT2D eigenvalue weighted by Crippen LogP contribution is -2.41. The normalized spacial score (nSPS) is 12.2. The predicted molar refractivity (Wildman–Crippen MR) is 133 cm³/mol. The van der Waals surface area contributed by atoms with Gasteiger partial charge in [-0.05, 0) is 47.6 Å². The first-order chi connectivity index (χ1) is 17.7. The molecule has 4 aromatic rings. The van der Waals surface area contributed by atoms with Crippen LogP contribution in [-0.2, 0) is 24.0 Å². The van der Waals surface area contributed by atoms with Crippen molar-refractivity contribution in [3.8, 4) is 5.75 Å². The second kappa shape index (κ2) is 11.2. The Morgan fingerprint density at radius 3 is 2.19 bits per heavy atom. The van der Waals surface area contributed by atoms with Gasteiger partial charge in [0.25, 0.3) is 5.91 Å². The molecule has 0 bridgehead atoms. The molecular weight excluding hydrogens is 483 g/mol. The van der Waals surface area contributed by atoms with Gasteiger partial charge in [-0.2, -0.15) is 13.2 Å². The highest BCUT2D eigenvalue weighted by Gasteiger charge is 2.30. The molecule has 0 spiro atoms. The third-order valence-corrected chi connectivity index (χ3v) is 5.96. The largest absolute Gasteiger partial charge is 0.487 e. The molecule has 1 unspecified atom stereocenters. The number of alkyl halides is 3. The molecule has 1 atom stereocenters. The van der Waals surface area contributed by atoms with Gasteiger partial charge < -0.3 is 15.2 Å². The molecule has 4 rings (SSSR count). The van der Waals surface area contributed by atoms with Crippen LogP contribution in [0, 0.1) is 0 Å². The molecule has 4 aromatic carbocycles. The van der Waals surface area contributed by atoms with Crippen LogP contribution in [0.25, 0.3) is 10.8 Å². The summed E-state index contributed by atoms with van der Waals surface area (Å²) in [7, 11) is 0. The van der Waals surface area contributed by atoms with Crippen LogP contribution in [0.1, 0.15) is 33.5 Å². The molecule has 0 saturated carbocycles. The van der Waals surface area contributed by atoms with Gasteiger partial charge in [-0.15, -0.1) is 0 Å². The number of halogens is 3. The van der Waals surface area contributed by atoms with Crippen molar-refractivity contribution < 1.29 is 32.6 Å². The molecule has 37 heavy (non-hydrogen) atoms. The summed E-state index contributed by atoms with van der Waals surface area (Å²) in [6.07, 6.45) is -3.78. The zero-order valence-corrected chi connectivity index (χ0v) is 19.7. The minimum atomic E-state index is -4.44. The van der Waals surface area contributed by atoms with Crippen molar-refractivity contribution in [2.24, 2.45) is 0 Å². The fourth-order valence-corrected chi connectivity index (χ4v) is 3.97. The lowest BCUT2D eigenvalue weighted by molar-refractivity contribution is -0.139. The Balaban J connectivity index is 1.56. The fourth-order valence-electron chi connectivity index (χ4n) is 3.97. The Morgan fingerprint density at radius 2 is 1.51 bits per heavy atom. The Bertz CT molecular complexity index is 1390. The molecule has 8 heteroatoms. The maximum Gasteiger partial charge on any atom is 0.416 e. The summed E-state index contributed by atoms with van der Waals surface area (Å²) in [5.41, 5.74) is 0.807. The lowest BCUT2D eigenvalue weighted by Gasteiger charge is -2.18. The lowest BCUT2D eigenvalue weighted by atomic mass is 10.0. The molecule has 5 nitrogen and oxygen atoms in total. The number of rotatable bonds is 9. The number of hydrogen-bond acceptors (Lipinski definition) is 3. The van der Waals surface area contributed by atoms with Gasteiger partial charge in [0, 0.05) is 5.39 Å². The van der Waals surface area contributed by atoms with Crippen LogP contribution >= 0.6 is 0 Å². The topological polar surface area (TPSA) is 75.6 Å². The van der Waals surface area contributed by atoms with E-state index < -0.39 is 29.7 Å². The quantitative estimate of drug-likeness (QED) is 0.281. The molecule has 0 radical (unpaired) electrons. The highest BCUT2D eigenvalue weighted by molar-refractivity contribution is 6.04. The number of aryl methyl sites for hydroxylation is 1. The van der Waals surface area contributed by atoms with E-state index in [0.29, 0.717) is 17.4 Å². The molecular formula is C29H24F3NO4. The minimum absolute atomic E-state index is 0.0806. The first-order valence-corrected chi connectivity index (χ1v) is 11.6. The number of hydrogen-bond donors (Lipinski definition) is 2. The highest BCUT2D eigenvalue weighted by atomic mass is 19.4. The third kappa shape index (κ3) is 6.46. The average molecular weight is 508 g/mol. The van der Waals surface area contributed by atoms with E-state index in [2.05, 4.69) is 5.32 Å². The maximum atomic E-state index is 13.2. The number of aliphatic carboxylic acids is 1. The van der Waals surface area contributed by atoms with E-state index in [-0.39, 0.29) is 24.3 Å². The molecule has 0 saturated heterocycles. The second-order valence-electron chi connectivity index (χ2n) is 8.54. The van der Waals surface area contributed by atoms with Gasteiger partial charge in [0.2, 0.25) is 0 Å². The standard InChI is InChI=1S/C29H24F3NO4/c30-29(31,32)22-14-10-20(11-15-22)18-37-26-23-9-5-4-8-21(23)13-16-24(26)27(34)33-25(28(35)36)17-12-19-6-2-1-3-7-19/h1-11,13-16,25H,12,17-18H2,(H,33,34)(H,35,36). The summed E-state index contributed by atoms with van der Waals surface area (Å²) in [5, 5.41) is 13.7. The van der Waals surface area contributed by atoms with E-state index in [9.17, 15) is 27.9 Å². The summed E-state index contributed by atoms with van der Waals surface area (Å²) in [4.78, 5) is 25.1. The number of ether oxygens (including phenoxy) is 1. The van der Waals surface area contributed by atoms with E-state index >= 15 is 0 Å². The zero-order valence-electron chi connectivity index (χ0n) is 19.7. The molecule has 0 heterocycles. The van der Waals surface area contributed by atoms with Gasteiger partial charge in [-0.1, -0.05) is 72.8 Å². The molecule has 0 aliphatic heterocycles. The van der Waals surface area contributed by atoms with E-state index in [1.165, 1.54) is 12.1 Å². The van der Waals surface area contributed by atoms with Crippen LogP contribution < -0.4 is 10.1 Å². The summed E-state index contributed by atoms with van der Waals surface area (Å²) >= 11 is 0. The second-order valence-corrected chi connectivity index (χ2v) is 8.54. The van der Waals surface area contributed by atoms with Crippen LogP contribution in [-0.4, -0.2) is 23.0 Å². The summed E-state index contributed by atoms with van der Waals surface area (Å²) in [5.74, 6) is -1.55.